The van der Waals surface area contributed by atoms with Crippen LogP contribution >= 0.6 is 23.1 Å². The van der Waals surface area contributed by atoms with E-state index in [0.29, 0.717) is 33.3 Å². The van der Waals surface area contributed by atoms with E-state index in [1.165, 1.54) is 6.07 Å². The van der Waals surface area contributed by atoms with Crippen LogP contribution in [0.15, 0.2) is 18.2 Å². The number of amides is 1. The molecule has 1 heterocycles. The highest BCUT2D eigenvalue weighted by molar-refractivity contribution is 7.08. The maximum Gasteiger partial charge on any atom is 0.269 e. The van der Waals surface area contributed by atoms with Crippen molar-refractivity contribution in [2.75, 3.05) is 5.32 Å². The number of hydrogen-bond donors (Lipinski definition) is 1. The summed E-state index contributed by atoms with van der Waals surface area (Å²) >= 11 is 7.06. The van der Waals surface area contributed by atoms with Crippen LogP contribution in [0.3, 0.4) is 0 Å². The number of anilines is 1. The zero-order valence-electron chi connectivity index (χ0n) is 10.7. The van der Waals surface area contributed by atoms with Gasteiger partial charge in [-0.15, -0.1) is 5.10 Å². The Kier molecular flexibility index (Phi) is 4.66. The fourth-order valence-electron chi connectivity index (χ4n) is 1.65. The molecule has 0 spiro atoms. The van der Waals surface area contributed by atoms with Crippen LogP contribution in [-0.2, 0) is 6.42 Å². The van der Waals surface area contributed by atoms with E-state index in [0.717, 1.165) is 18.0 Å². The lowest BCUT2D eigenvalue weighted by molar-refractivity contribution is 0.102. The van der Waals surface area contributed by atoms with E-state index in [1.807, 2.05) is 13.0 Å². The van der Waals surface area contributed by atoms with Crippen molar-refractivity contribution < 1.29 is 4.79 Å². The topological polar surface area (TPSA) is 78.7 Å². The summed E-state index contributed by atoms with van der Waals surface area (Å²) < 4.78 is 3.81. The number of carbonyl (C=O) groups is 1. The van der Waals surface area contributed by atoms with Gasteiger partial charge in [-0.2, -0.15) is 5.26 Å². The van der Waals surface area contributed by atoms with Crippen molar-refractivity contribution in [2.45, 2.75) is 19.8 Å². The molecule has 102 valence electrons. The van der Waals surface area contributed by atoms with Gasteiger partial charge in [0.1, 0.15) is 4.88 Å². The Bertz CT molecular complexity index is 677. The number of nitrogens with zero attached hydrogens (tertiary/aromatic N) is 3. The Morgan fingerprint density at radius 1 is 1.55 bits per heavy atom. The minimum absolute atomic E-state index is 0.305. The fraction of sp³-hybridized carbons (Fsp3) is 0.231. The van der Waals surface area contributed by atoms with Crippen molar-refractivity contribution in [1.29, 1.82) is 5.26 Å². The first kappa shape index (κ1) is 14.4. The average molecular weight is 307 g/mol. The van der Waals surface area contributed by atoms with E-state index in [2.05, 4.69) is 14.9 Å². The minimum atomic E-state index is -0.305. The molecule has 0 aliphatic rings. The number of aryl methyl sites for hydroxylation is 1. The van der Waals surface area contributed by atoms with Crippen molar-refractivity contribution in [3.05, 3.63) is 39.4 Å². The van der Waals surface area contributed by atoms with Crippen molar-refractivity contribution in [1.82, 2.24) is 9.59 Å². The molecule has 0 fully saturated rings. The normalized spacial score (nSPS) is 10.1. The maximum absolute atomic E-state index is 12.2. The second-order valence-corrected chi connectivity index (χ2v) is 5.22. The van der Waals surface area contributed by atoms with Gasteiger partial charge in [0.25, 0.3) is 5.91 Å². The van der Waals surface area contributed by atoms with Gasteiger partial charge in [0.05, 0.1) is 28.0 Å². The van der Waals surface area contributed by atoms with Crippen molar-refractivity contribution in [2.24, 2.45) is 0 Å². The van der Waals surface area contributed by atoms with E-state index in [1.54, 1.807) is 12.1 Å². The summed E-state index contributed by atoms with van der Waals surface area (Å²) in [7, 11) is 0. The highest BCUT2D eigenvalue weighted by atomic mass is 35.5. The quantitative estimate of drug-likeness (QED) is 0.940. The second kappa shape index (κ2) is 6.46. The summed E-state index contributed by atoms with van der Waals surface area (Å²) in [4.78, 5) is 12.7. The molecule has 0 aliphatic heterocycles. The smallest absolute Gasteiger partial charge is 0.269 e. The Morgan fingerprint density at radius 2 is 2.35 bits per heavy atom. The summed E-state index contributed by atoms with van der Waals surface area (Å²) in [6, 6.07) is 6.71. The Balaban J connectivity index is 2.23. The molecule has 1 aromatic heterocycles. The highest BCUT2D eigenvalue weighted by Crippen LogP contribution is 2.24. The van der Waals surface area contributed by atoms with E-state index < -0.39 is 0 Å². The third kappa shape index (κ3) is 3.13. The monoisotopic (exact) mass is 306 g/mol. The molecule has 1 aromatic carbocycles. The third-order valence-electron chi connectivity index (χ3n) is 2.59. The molecule has 0 bridgehead atoms. The van der Waals surface area contributed by atoms with E-state index in [9.17, 15) is 4.79 Å². The molecule has 5 nitrogen and oxygen atoms in total. The Hall–Kier alpha value is -1.97. The van der Waals surface area contributed by atoms with Crippen molar-refractivity contribution in [3.8, 4) is 6.07 Å². The SMILES string of the molecule is CCCc1nnsc1C(=O)Nc1cc(C#N)ccc1Cl. The number of carbonyl (C=O) groups excluding carboxylic acids is 1. The molecule has 0 saturated heterocycles. The number of benzene rings is 1. The molecule has 7 heteroatoms. The van der Waals surface area contributed by atoms with Gasteiger partial charge in [-0.05, 0) is 36.2 Å². The lowest BCUT2D eigenvalue weighted by atomic mass is 10.2. The third-order valence-corrected chi connectivity index (χ3v) is 3.69. The lowest BCUT2D eigenvalue weighted by Crippen LogP contribution is -2.13. The Morgan fingerprint density at radius 3 is 3.05 bits per heavy atom. The van der Waals surface area contributed by atoms with Crippen LogP contribution in [0.4, 0.5) is 5.69 Å². The van der Waals surface area contributed by atoms with Gasteiger partial charge in [-0.1, -0.05) is 29.4 Å². The van der Waals surface area contributed by atoms with Gasteiger partial charge >= 0.3 is 0 Å². The predicted octanol–water partition coefficient (Wildman–Crippen LogP) is 3.27. The second-order valence-electron chi connectivity index (χ2n) is 4.06. The van der Waals surface area contributed by atoms with Gasteiger partial charge < -0.3 is 5.32 Å². The first-order valence-corrected chi connectivity index (χ1v) is 7.13. The van der Waals surface area contributed by atoms with Crippen molar-refractivity contribution >= 4 is 34.7 Å². The van der Waals surface area contributed by atoms with Crippen LogP contribution in [-0.4, -0.2) is 15.5 Å². The summed E-state index contributed by atoms with van der Waals surface area (Å²) in [5, 5.41) is 15.9. The molecule has 0 unspecified atom stereocenters. The molecule has 0 radical (unpaired) electrons. The molecule has 0 saturated carbocycles. The molecule has 0 atom stereocenters. The number of halogens is 1. The number of nitrogens with one attached hydrogen (secondary N) is 1. The van der Waals surface area contributed by atoms with E-state index in [-0.39, 0.29) is 5.91 Å². The van der Waals surface area contributed by atoms with E-state index >= 15 is 0 Å². The number of rotatable bonds is 4. The summed E-state index contributed by atoms with van der Waals surface area (Å²) in [5.74, 6) is -0.305. The summed E-state index contributed by atoms with van der Waals surface area (Å²) in [6.07, 6.45) is 1.58. The van der Waals surface area contributed by atoms with Crippen LogP contribution < -0.4 is 5.32 Å². The van der Waals surface area contributed by atoms with Gasteiger partial charge in [-0.25, -0.2) is 0 Å². The van der Waals surface area contributed by atoms with Crippen LogP contribution in [0.2, 0.25) is 5.02 Å². The van der Waals surface area contributed by atoms with Crippen LogP contribution in [0.5, 0.6) is 0 Å². The van der Waals surface area contributed by atoms with Crippen LogP contribution in [0.25, 0.3) is 0 Å². The van der Waals surface area contributed by atoms with E-state index in [4.69, 9.17) is 16.9 Å². The van der Waals surface area contributed by atoms with Gasteiger partial charge in [0.2, 0.25) is 0 Å². The van der Waals surface area contributed by atoms with Gasteiger partial charge in [0.15, 0.2) is 0 Å². The molecule has 1 N–H and O–H groups in total. The minimum Gasteiger partial charge on any atom is -0.320 e. The molecule has 20 heavy (non-hydrogen) atoms. The number of aromatic nitrogens is 2. The Labute approximate surface area is 125 Å². The largest absolute Gasteiger partial charge is 0.320 e. The molecule has 2 rings (SSSR count). The van der Waals surface area contributed by atoms with Crippen LogP contribution in [0.1, 0.15) is 34.3 Å². The standard InChI is InChI=1S/C13H11ClN4OS/c1-2-3-10-12(20-18-17-10)13(19)16-11-6-8(7-15)4-5-9(11)14/h4-6H,2-3H2,1H3,(H,16,19). The lowest BCUT2D eigenvalue weighted by Gasteiger charge is -2.06. The maximum atomic E-state index is 12.2. The molecule has 1 amide bonds. The molecular formula is C13H11ClN4OS. The summed E-state index contributed by atoms with van der Waals surface area (Å²) in [6.45, 7) is 2.01. The molecule has 2 aromatic rings. The first-order valence-electron chi connectivity index (χ1n) is 5.98. The van der Waals surface area contributed by atoms with Crippen molar-refractivity contribution in [3.63, 3.8) is 0 Å². The first-order chi connectivity index (χ1) is 9.65. The highest BCUT2D eigenvalue weighted by Gasteiger charge is 2.17. The zero-order chi connectivity index (χ0) is 14.5. The summed E-state index contributed by atoms with van der Waals surface area (Å²) in [5.41, 5.74) is 1.52. The molecule has 0 aliphatic carbocycles. The zero-order valence-corrected chi connectivity index (χ0v) is 12.3. The van der Waals surface area contributed by atoms with Gasteiger partial charge in [0, 0.05) is 0 Å². The number of nitriles is 1. The average Bonchev–Trinajstić information content (AvgIpc) is 2.90. The van der Waals surface area contributed by atoms with Crippen LogP contribution in [0, 0.1) is 11.3 Å². The predicted molar refractivity (Wildman–Crippen MR) is 78.0 cm³/mol. The fourth-order valence-corrected chi connectivity index (χ4v) is 2.42. The molecular weight excluding hydrogens is 296 g/mol. The van der Waals surface area contributed by atoms with Gasteiger partial charge in [-0.3, -0.25) is 4.79 Å². The number of hydrogen-bond acceptors (Lipinski definition) is 5.